The van der Waals surface area contributed by atoms with Gasteiger partial charge in [0.05, 0.1) is 16.9 Å². The van der Waals surface area contributed by atoms with Gasteiger partial charge in [0.1, 0.15) is 17.4 Å². The second kappa shape index (κ2) is 7.59. The molecule has 29 heavy (non-hydrogen) atoms. The molecule has 8 heteroatoms. The Morgan fingerprint density at radius 1 is 1.17 bits per heavy atom. The molecule has 1 aromatic heterocycles. The Bertz CT molecular complexity index is 1100. The number of amides is 2. The van der Waals surface area contributed by atoms with Crippen molar-refractivity contribution in [2.24, 2.45) is 0 Å². The molecule has 0 unspecified atom stereocenters. The molecule has 1 aliphatic rings. The van der Waals surface area contributed by atoms with E-state index in [0.717, 1.165) is 0 Å². The molecule has 1 aliphatic heterocycles. The van der Waals surface area contributed by atoms with Crippen LogP contribution in [0.4, 0.5) is 27.3 Å². The lowest BCUT2D eigenvalue weighted by Gasteiger charge is -2.23. The number of pyridine rings is 1. The van der Waals surface area contributed by atoms with Crippen molar-refractivity contribution in [3.05, 3.63) is 72.2 Å². The summed E-state index contributed by atoms with van der Waals surface area (Å²) in [6, 6.07) is 14.3. The van der Waals surface area contributed by atoms with Crippen molar-refractivity contribution >= 4 is 34.7 Å². The molecule has 0 fully saturated rings. The minimum atomic E-state index is -0.578. The lowest BCUT2D eigenvalue weighted by atomic mass is 10.2. The van der Waals surface area contributed by atoms with E-state index in [-0.39, 0.29) is 23.0 Å². The Kier molecular flexibility index (Phi) is 4.82. The van der Waals surface area contributed by atoms with Crippen molar-refractivity contribution in [1.82, 2.24) is 4.98 Å². The third-order valence-electron chi connectivity index (χ3n) is 4.35. The highest BCUT2D eigenvalue weighted by Gasteiger charge is 2.24. The molecule has 0 saturated carbocycles. The SMILES string of the molecule is C[C@H]1Oc2ccc(NC(=O)c3cccnc3Nc3ccccc3F)cc2NC1=O. The third kappa shape index (κ3) is 3.86. The average Bonchev–Trinajstić information content (AvgIpc) is 2.71. The molecule has 2 heterocycles. The van der Waals surface area contributed by atoms with Crippen LogP contribution in [0.25, 0.3) is 0 Å². The molecule has 7 nitrogen and oxygen atoms in total. The van der Waals surface area contributed by atoms with Crippen LogP contribution in [0.3, 0.4) is 0 Å². The van der Waals surface area contributed by atoms with Gasteiger partial charge in [-0.2, -0.15) is 0 Å². The first-order valence-electron chi connectivity index (χ1n) is 8.91. The standard InChI is InChI=1S/C21H17FN4O3/c1-12-20(27)26-17-11-13(8-9-18(17)29-12)24-21(28)14-5-4-10-23-19(14)25-16-7-3-2-6-15(16)22/h2-12H,1H3,(H,23,25)(H,24,28)(H,26,27)/t12-/m1/s1. The molecule has 2 aromatic carbocycles. The predicted octanol–water partition coefficient (Wildman–Crippen LogP) is 3.94. The normalized spacial score (nSPS) is 15.0. The first-order chi connectivity index (χ1) is 14.0. The molecular weight excluding hydrogens is 375 g/mol. The maximum Gasteiger partial charge on any atom is 0.265 e. The maximum absolute atomic E-state index is 13.9. The number of aromatic nitrogens is 1. The van der Waals surface area contributed by atoms with E-state index in [1.165, 1.54) is 12.3 Å². The molecule has 0 radical (unpaired) electrons. The number of fused-ring (bicyclic) bond motifs is 1. The monoisotopic (exact) mass is 392 g/mol. The van der Waals surface area contributed by atoms with Gasteiger partial charge in [0.25, 0.3) is 11.8 Å². The fourth-order valence-corrected chi connectivity index (χ4v) is 2.86. The summed E-state index contributed by atoms with van der Waals surface area (Å²) in [5, 5.41) is 8.33. The van der Waals surface area contributed by atoms with Crippen LogP contribution >= 0.6 is 0 Å². The number of hydrogen-bond donors (Lipinski definition) is 3. The zero-order valence-corrected chi connectivity index (χ0v) is 15.4. The highest BCUT2D eigenvalue weighted by Crippen LogP contribution is 2.32. The van der Waals surface area contributed by atoms with E-state index >= 15 is 0 Å². The number of anilines is 4. The molecule has 0 bridgehead atoms. The largest absolute Gasteiger partial charge is 0.479 e. The van der Waals surface area contributed by atoms with Crippen LogP contribution < -0.4 is 20.7 Å². The van der Waals surface area contributed by atoms with Gasteiger partial charge >= 0.3 is 0 Å². The van der Waals surface area contributed by atoms with Crippen molar-refractivity contribution in [2.75, 3.05) is 16.0 Å². The highest BCUT2D eigenvalue weighted by atomic mass is 19.1. The van der Waals surface area contributed by atoms with E-state index in [1.54, 1.807) is 55.5 Å². The van der Waals surface area contributed by atoms with Gasteiger partial charge in [-0.05, 0) is 49.4 Å². The van der Waals surface area contributed by atoms with Crippen molar-refractivity contribution in [3.63, 3.8) is 0 Å². The summed E-state index contributed by atoms with van der Waals surface area (Å²) >= 11 is 0. The molecule has 4 rings (SSSR count). The van der Waals surface area contributed by atoms with E-state index in [1.807, 2.05) is 0 Å². The molecule has 0 spiro atoms. The molecule has 0 aliphatic carbocycles. The lowest BCUT2D eigenvalue weighted by Crippen LogP contribution is -2.34. The van der Waals surface area contributed by atoms with Gasteiger partial charge in [-0.1, -0.05) is 12.1 Å². The summed E-state index contributed by atoms with van der Waals surface area (Å²) in [7, 11) is 0. The van der Waals surface area contributed by atoms with Crippen LogP contribution in [0.5, 0.6) is 5.75 Å². The second-order valence-electron chi connectivity index (χ2n) is 6.42. The number of carbonyl (C=O) groups is 2. The summed E-state index contributed by atoms with van der Waals surface area (Å²) in [5.41, 5.74) is 1.39. The van der Waals surface area contributed by atoms with Gasteiger partial charge in [0, 0.05) is 11.9 Å². The van der Waals surface area contributed by atoms with Crippen molar-refractivity contribution < 1.29 is 18.7 Å². The Morgan fingerprint density at radius 2 is 2.00 bits per heavy atom. The third-order valence-corrected chi connectivity index (χ3v) is 4.35. The van der Waals surface area contributed by atoms with Gasteiger partial charge in [-0.15, -0.1) is 0 Å². The van der Waals surface area contributed by atoms with E-state index in [9.17, 15) is 14.0 Å². The number of rotatable bonds is 4. The molecule has 3 aromatic rings. The molecule has 0 saturated heterocycles. The van der Waals surface area contributed by atoms with Crippen molar-refractivity contribution in [2.45, 2.75) is 13.0 Å². The smallest absolute Gasteiger partial charge is 0.265 e. The van der Waals surface area contributed by atoms with Gasteiger partial charge < -0.3 is 20.7 Å². The highest BCUT2D eigenvalue weighted by molar-refractivity contribution is 6.08. The Morgan fingerprint density at radius 3 is 2.83 bits per heavy atom. The van der Waals surface area contributed by atoms with E-state index in [4.69, 9.17) is 4.74 Å². The molecule has 3 N–H and O–H groups in total. The molecule has 2 amide bonds. The van der Waals surface area contributed by atoms with Crippen molar-refractivity contribution in [1.29, 1.82) is 0 Å². The van der Waals surface area contributed by atoms with Crippen LogP contribution in [0, 0.1) is 5.82 Å². The summed E-state index contributed by atoms with van der Waals surface area (Å²) in [5.74, 6) is -0.404. The topological polar surface area (TPSA) is 92.3 Å². The maximum atomic E-state index is 13.9. The van der Waals surface area contributed by atoms with Crippen LogP contribution in [0.1, 0.15) is 17.3 Å². The number of nitrogens with zero attached hydrogens (tertiary/aromatic N) is 1. The number of ether oxygens (including phenoxy) is 1. The Hall–Kier alpha value is -3.94. The van der Waals surface area contributed by atoms with Gasteiger partial charge in [0.15, 0.2) is 6.10 Å². The minimum Gasteiger partial charge on any atom is -0.479 e. The lowest BCUT2D eigenvalue weighted by molar-refractivity contribution is -0.122. The van der Waals surface area contributed by atoms with Crippen LogP contribution in [0.2, 0.25) is 0 Å². The Balaban J connectivity index is 1.56. The van der Waals surface area contributed by atoms with Gasteiger partial charge in [-0.3, -0.25) is 9.59 Å². The fourth-order valence-electron chi connectivity index (χ4n) is 2.86. The van der Waals surface area contributed by atoms with Crippen molar-refractivity contribution in [3.8, 4) is 5.75 Å². The average molecular weight is 392 g/mol. The van der Waals surface area contributed by atoms with Gasteiger partial charge in [-0.25, -0.2) is 9.37 Å². The molecular formula is C21H17FN4O3. The minimum absolute atomic E-state index is 0.211. The van der Waals surface area contributed by atoms with Crippen LogP contribution in [-0.2, 0) is 4.79 Å². The second-order valence-corrected chi connectivity index (χ2v) is 6.42. The molecule has 146 valence electrons. The summed E-state index contributed by atoms with van der Waals surface area (Å²) in [6.07, 6.45) is 0.928. The predicted molar refractivity (Wildman–Crippen MR) is 107 cm³/mol. The van der Waals surface area contributed by atoms with Gasteiger partial charge in [0.2, 0.25) is 0 Å². The Labute approximate surface area is 165 Å². The first-order valence-corrected chi connectivity index (χ1v) is 8.91. The first kappa shape index (κ1) is 18.4. The van der Waals surface area contributed by atoms with E-state index in [2.05, 4.69) is 20.9 Å². The summed E-state index contributed by atoms with van der Waals surface area (Å²) in [4.78, 5) is 28.7. The quantitative estimate of drug-likeness (QED) is 0.626. The van der Waals surface area contributed by atoms with Crippen LogP contribution in [-0.4, -0.2) is 22.9 Å². The van der Waals surface area contributed by atoms with Crippen LogP contribution in [0.15, 0.2) is 60.8 Å². The number of halogens is 1. The summed E-state index contributed by atoms with van der Waals surface area (Å²) in [6.45, 7) is 1.65. The fraction of sp³-hybridized carbons (Fsp3) is 0.0952. The zero-order valence-electron chi connectivity index (χ0n) is 15.4. The molecule has 1 atom stereocenters. The number of para-hydroxylation sites is 1. The number of nitrogens with one attached hydrogen (secondary N) is 3. The van der Waals surface area contributed by atoms with E-state index < -0.39 is 17.8 Å². The number of carbonyl (C=O) groups excluding carboxylic acids is 2. The van der Waals surface area contributed by atoms with E-state index in [0.29, 0.717) is 17.1 Å². The number of benzene rings is 2. The zero-order chi connectivity index (χ0) is 20.4. The summed E-state index contributed by atoms with van der Waals surface area (Å²) < 4.78 is 19.4. The number of hydrogen-bond acceptors (Lipinski definition) is 5.